The number of piperazine rings is 1. The SMILES string of the molecule is CCCC(=O)N1CCN(CC(O)CN)CC1. The van der Waals surface area contributed by atoms with Crippen molar-refractivity contribution in [1.82, 2.24) is 9.80 Å². The van der Waals surface area contributed by atoms with Crippen LogP contribution in [0.3, 0.4) is 0 Å². The molecule has 1 amide bonds. The van der Waals surface area contributed by atoms with E-state index in [1.807, 2.05) is 11.8 Å². The lowest BCUT2D eigenvalue weighted by molar-refractivity contribution is -0.133. The quantitative estimate of drug-likeness (QED) is 0.651. The van der Waals surface area contributed by atoms with Crippen molar-refractivity contribution >= 4 is 5.91 Å². The van der Waals surface area contributed by atoms with Crippen molar-refractivity contribution in [2.75, 3.05) is 39.3 Å². The first kappa shape index (κ1) is 13.4. The largest absolute Gasteiger partial charge is 0.390 e. The second-order valence-electron chi connectivity index (χ2n) is 4.32. The van der Waals surface area contributed by atoms with Gasteiger partial charge in [-0.05, 0) is 6.42 Å². The number of amides is 1. The average molecular weight is 229 g/mol. The molecule has 0 aliphatic carbocycles. The predicted octanol–water partition coefficient (Wildman–Crippen LogP) is -0.750. The number of carbonyl (C=O) groups excluding carboxylic acids is 1. The van der Waals surface area contributed by atoms with E-state index in [2.05, 4.69) is 4.90 Å². The number of nitrogens with zero attached hydrogens (tertiary/aromatic N) is 2. The molecule has 0 aromatic heterocycles. The summed E-state index contributed by atoms with van der Waals surface area (Å²) in [5, 5.41) is 9.42. The van der Waals surface area contributed by atoms with Crippen molar-refractivity contribution in [3.63, 3.8) is 0 Å². The van der Waals surface area contributed by atoms with Gasteiger partial charge in [-0.15, -0.1) is 0 Å². The molecular formula is C11H23N3O2. The summed E-state index contributed by atoms with van der Waals surface area (Å²) >= 11 is 0. The van der Waals surface area contributed by atoms with Crippen molar-refractivity contribution in [2.45, 2.75) is 25.9 Å². The molecule has 1 heterocycles. The Balaban J connectivity index is 2.25. The second kappa shape index (κ2) is 6.83. The van der Waals surface area contributed by atoms with Gasteiger partial charge in [-0.1, -0.05) is 6.92 Å². The lowest BCUT2D eigenvalue weighted by Crippen LogP contribution is -2.51. The van der Waals surface area contributed by atoms with Crippen LogP contribution >= 0.6 is 0 Å². The van der Waals surface area contributed by atoms with E-state index in [1.54, 1.807) is 0 Å². The maximum atomic E-state index is 11.6. The van der Waals surface area contributed by atoms with Crippen molar-refractivity contribution in [1.29, 1.82) is 0 Å². The van der Waals surface area contributed by atoms with Crippen LogP contribution in [0.1, 0.15) is 19.8 Å². The average Bonchev–Trinajstić information content (AvgIpc) is 2.30. The molecule has 0 bridgehead atoms. The Morgan fingerprint density at radius 1 is 1.38 bits per heavy atom. The number of hydrogen-bond acceptors (Lipinski definition) is 4. The Bertz CT molecular complexity index is 215. The molecule has 94 valence electrons. The summed E-state index contributed by atoms with van der Waals surface area (Å²) < 4.78 is 0. The van der Waals surface area contributed by atoms with E-state index in [-0.39, 0.29) is 5.91 Å². The van der Waals surface area contributed by atoms with Gasteiger partial charge in [0.1, 0.15) is 0 Å². The number of aliphatic hydroxyl groups excluding tert-OH is 1. The van der Waals surface area contributed by atoms with E-state index in [4.69, 9.17) is 5.73 Å². The van der Waals surface area contributed by atoms with E-state index in [0.29, 0.717) is 19.5 Å². The van der Waals surface area contributed by atoms with Gasteiger partial charge in [-0.3, -0.25) is 9.69 Å². The Morgan fingerprint density at radius 2 is 2.00 bits per heavy atom. The molecule has 1 rings (SSSR count). The standard InChI is InChI=1S/C11H23N3O2/c1-2-3-11(16)14-6-4-13(5-7-14)9-10(15)8-12/h10,15H,2-9,12H2,1H3. The summed E-state index contributed by atoms with van der Waals surface area (Å²) in [4.78, 5) is 15.7. The third kappa shape index (κ3) is 4.08. The zero-order valence-electron chi connectivity index (χ0n) is 10.1. The van der Waals surface area contributed by atoms with Gasteiger partial charge in [0.2, 0.25) is 5.91 Å². The maximum Gasteiger partial charge on any atom is 0.222 e. The van der Waals surface area contributed by atoms with Crippen LogP contribution in [0.4, 0.5) is 0 Å². The summed E-state index contributed by atoms with van der Waals surface area (Å²) in [7, 11) is 0. The molecule has 0 aromatic carbocycles. The van der Waals surface area contributed by atoms with E-state index in [1.165, 1.54) is 0 Å². The van der Waals surface area contributed by atoms with E-state index >= 15 is 0 Å². The molecule has 3 N–H and O–H groups in total. The number of rotatable bonds is 5. The molecule has 1 aliphatic rings. The third-order valence-corrected chi connectivity index (χ3v) is 2.93. The van der Waals surface area contributed by atoms with Crippen LogP contribution in [-0.2, 0) is 4.79 Å². The number of hydrogen-bond donors (Lipinski definition) is 2. The first-order valence-electron chi connectivity index (χ1n) is 6.05. The minimum Gasteiger partial charge on any atom is -0.390 e. The van der Waals surface area contributed by atoms with Crippen LogP contribution in [0.15, 0.2) is 0 Å². The first-order chi connectivity index (χ1) is 7.67. The van der Waals surface area contributed by atoms with Crippen molar-refractivity contribution in [3.05, 3.63) is 0 Å². The zero-order valence-corrected chi connectivity index (χ0v) is 10.1. The monoisotopic (exact) mass is 229 g/mol. The molecule has 1 aliphatic heterocycles. The summed E-state index contributed by atoms with van der Waals surface area (Å²) in [5.74, 6) is 0.251. The molecule has 0 spiro atoms. The van der Waals surface area contributed by atoms with Gasteiger partial charge < -0.3 is 15.7 Å². The molecule has 0 saturated carbocycles. The number of nitrogens with two attached hydrogens (primary N) is 1. The molecule has 0 aromatic rings. The van der Waals surface area contributed by atoms with Gasteiger partial charge in [0.15, 0.2) is 0 Å². The number of carbonyl (C=O) groups is 1. The Morgan fingerprint density at radius 3 is 2.50 bits per heavy atom. The van der Waals surface area contributed by atoms with Gasteiger partial charge in [0.05, 0.1) is 6.10 Å². The van der Waals surface area contributed by atoms with E-state index in [9.17, 15) is 9.90 Å². The lowest BCUT2D eigenvalue weighted by atomic mass is 10.2. The first-order valence-corrected chi connectivity index (χ1v) is 6.05. The predicted molar refractivity (Wildman–Crippen MR) is 63.0 cm³/mol. The summed E-state index contributed by atoms with van der Waals surface area (Å²) in [5.41, 5.74) is 5.36. The Hall–Kier alpha value is -0.650. The molecule has 1 saturated heterocycles. The van der Waals surface area contributed by atoms with Crippen LogP contribution in [0.25, 0.3) is 0 Å². The fraction of sp³-hybridized carbons (Fsp3) is 0.909. The molecule has 5 nitrogen and oxygen atoms in total. The summed E-state index contributed by atoms with van der Waals surface area (Å²) in [6.07, 6.45) is 1.11. The van der Waals surface area contributed by atoms with E-state index < -0.39 is 6.10 Å². The summed E-state index contributed by atoms with van der Waals surface area (Å²) in [6, 6.07) is 0. The molecule has 5 heteroatoms. The molecule has 16 heavy (non-hydrogen) atoms. The van der Waals surface area contributed by atoms with Crippen molar-refractivity contribution in [2.24, 2.45) is 5.73 Å². The van der Waals surface area contributed by atoms with Gasteiger partial charge in [-0.25, -0.2) is 0 Å². The third-order valence-electron chi connectivity index (χ3n) is 2.93. The topological polar surface area (TPSA) is 69.8 Å². The number of β-amino-alcohol motifs (C(OH)–C–C–N with tert-alkyl or cyclic N) is 1. The van der Waals surface area contributed by atoms with Gasteiger partial charge in [-0.2, -0.15) is 0 Å². The van der Waals surface area contributed by atoms with Crippen molar-refractivity contribution in [3.8, 4) is 0 Å². The highest BCUT2D eigenvalue weighted by atomic mass is 16.3. The highest BCUT2D eigenvalue weighted by Gasteiger charge is 2.21. The fourth-order valence-corrected chi connectivity index (χ4v) is 1.92. The molecule has 1 atom stereocenters. The summed E-state index contributed by atoms with van der Waals surface area (Å²) in [6.45, 7) is 6.17. The van der Waals surface area contributed by atoms with Crippen molar-refractivity contribution < 1.29 is 9.90 Å². The van der Waals surface area contributed by atoms with Gasteiger partial charge in [0.25, 0.3) is 0 Å². The van der Waals surface area contributed by atoms with Crippen LogP contribution in [-0.4, -0.2) is 66.2 Å². The van der Waals surface area contributed by atoms with Crippen LogP contribution in [0.2, 0.25) is 0 Å². The number of aliphatic hydroxyl groups is 1. The highest BCUT2D eigenvalue weighted by molar-refractivity contribution is 5.76. The van der Waals surface area contributed by atoms with Crippen LogP contribution in [0.5, 0.6) is 0 Å². The minimum absolute atomic E-state index is 0.251. The van der Waals surface area contributed by atoms with Crippen LogP contribution in [0, 0.1) is 0 Å². The van der Waals surface area contributed by atoms with Gasteiger partial charge in [0, 0.05) is 45.7 Å². The molecule has 0 radical (unpaired) electrons. The molecule has 1 fully saturated rings. The van der Waals surface area contributed by atoms with E-state index in [0.717, 1.165) is 32.6 Å². The normalized spacial score (nSPS) is 19.8. The second-order valence-corrected chi connectivity index (χ2v) is 4.32. The minimum atomic E-state index is -0.446. The lowest BCUT2D eigenvalue weighted by Gasteiger charge is -2.35. The van der Waals surface area contributed by atoms with Crippen LogP contribution < -0.4 is 5.73 Å². The smallest absolute Gasteiger partial charge is 0.222 e. The Kier molecular flexibility index (Phi) is 5.73. The Labute approximate surface area is 97.2 Å². The molecule has 1 unspecified atom stereocenters. The fourth-order valence-electron chi connectivity index (χ4n) is 1.92. The highest BCUT2D eigenvalue weighted by Crippen LogP contribution is 2.05. The zero-order chi connectivity index (χ0) is 12.0. The molecular weight excluding hydrogens is 206 g/mol. The maximum absolute atomic E-state index is 11.6. The van der Waals surface area contributed by atoms with Gasteiger partial charge >= 0.3 is 0 Å².